The first-order chi connectivity index (χ1) is 16.6. The second kappa shape index (κ2) is 16.0. The average molecular weight is 870 g/mol. The second-order valence-electron chi connectivity index (χ2n) is 11.1. The molecule has 0 fully saturated rings. The summed E-state index contributed by atoms with van der Waals surface area (Å²) in [6.45, 7) is 8.62. The summed E-state index contributed by atoms with van der Waals surface area (Å²) in [6, 6.07) is 18.5. The van der Waals surface area contributed by atoms with Gasteiger partial charge in [0.05, 0.1) is 0 Å². The molecule has 0 aliphatic rings. The van der Waals surface area contributed by atoms with Crippen LogP contribution in [0, 0.1) is 13.8 Å². The van der Waals surface area contributed by atoms with Crippen LogP contribution in [0.3, 0.4) is 0 Å². The SMILES string of the molecule is C[Si]C.Cc1cc2c(Br)c[c]([Ge]([CH3])([CH3])[CH3])cc2[cH-]1.Cc1cc2c(Br)c[c]([Ge]([CH3])([CH3])[CH3])cc2[cH-]1.[Cl][Zr+2][Cl]. The average Bonchev–Trinajstić information content (AvgIpc) is 3.30. The van der Waals surface area contributed by atoms with E-state index >= 15 is 0 Å². The molecular weight excluding hydrogens is 832 g/mol. The fraction of sp³-hybridized carbons (Fsp3) is 0.357. The van der Waals surface area contributed by atoms with E-state index in [9.17, 15) is 0 Å². The molecule has 0 aliphatic heterocycles. The van der Waals surface area contributed by atoms with Crippen molar-refractivity contribution in [2.75, 3.05) is 0 Å². The first-order valence-electron chi connectivity index (χ1n) is 11.9. The first-order valence-corrected chi connectivity index (χ1v) is 36.5. The third kappa shape index (κ3) is 11.1. The molecule has 0 aromatic heterocycles. The number of halogens is 4. The summed E-state index contributed by atoms with van der Waals surface area (Å²) in [7, 11) is 11.0. The van der Waals surface area contributed by atoms with Crippen LogP contribution in [0.4, 0.5) is 0 Å². The summed E-state index contributed by atoms with van der Waals surface area (Å²) in [5.74, 6) is 14.6. The van der Waals surface area contributed by atoms with Crippen molar-refractivity contribution in [3.63, 3.8) is 0 Å². The van der Waals surface area contributed by atoms with E-state index in [0.29, 0.717) is 0 Å². The van der Waals surface area contributed by atoms with Gasteiger partial charge in [0.15, 0.2) is 0 Å². The maximum atomic E-state index is 4.93. The van der Waals surface area contributed by atoms with Gasteiger partial charge in [0.1, 0.15) is 0 Å². The Morgan fingerprint density at radius 2 is 0.944 bits per heavy atom. The van der Waals surface area contributed by atoms with Gasteiger partial charge in [0.2, 0.25) is 0 Å². The number of fused-ring (bicyclic) bond motifs is 2. The minimum atomic E-state index is -1.70. The summed E-state index contributed by atoms with van der Waals surface area (Å²) >= 11 is 3.15. The molecule has 0 nitrogen and oxygen atoms in total. The molecule has 4 aromatic carbocycles. The third-order valence-electron chi connectivity index (χ3n) is 5.57. The predicted molar refractivity (Wildman–Crippen MR) is 179 cm³/mol. The number of hydrogen-bond acceptors (Lipinski definition) is 0. The molecule has 0 N–H and O–H groups in total. The molecule has 0 atom stereocenters. The van der Waals surface area contributed by atoms with Crippen molar-refractivity contribution in [3.05, 3.63) is 68.6 Å². The Hall–Kier alpha value is 1.39. The molecule has 36 heavy (non-hydrogen) atoms. The topological polar surface area (TPSA) is 0 Å². The van der Waals surface area contributed by atoms with Gasteiger partial charge in [-0.25, -0.2) is 0 Å². The number of aryl methyl sites for hydroxylation is 2. The standard InChI is InChI=1S/2C13H16BrGe.C2H6Si.2ClH.Zr/c2*1-9-5-10-7-11(15(2,3)4)8-13(14)12(10)6-9;1-3-2;;;/h2*5-8H,1-4H3;1-2H3;2*1H;/q2*-1;;;;+4/p-2. The summed E-state index contributed by atoms with van der Waals surface area (Å²) in [5.41, 5.74) is 2.70. The van der Waals surface area contributed by atoms with Crippen molar-refractivity contribution in [1.82, 2.24) is 0 Å². The molecule has 4 aromatic rings. The zero-order chi connectivity index (χ0) is 27.8. The molecule has 194 valence electrons. The third-order valence-corrected chi connectivity index (χ3v) is 15.4. The van der Waals surface area contributed by atoms with Gasteiger partial charge in [0.25, 0.3) is 0 Å². The molecule has 2 radical (unpaired) electrons. The van der Waals surface area contributed by atoms with E-state index in [-0.39, 0.29) is 0 Å². The Kier molecular flexibility index (Phi) is 15.7. The molecule has 0 amide bonds. The van der Waals surface area contributed by atoms with Gasteiger partial charge in [-0.2, -0.15) is 0 Å². The van der Waals surface area contributed by atoms with Gasteiger partial charge < -0.3 is 0 Å². The van der Waals surface area contributed by atoms with E-state index in [4.69, 9.17) is 17.0 Å². The van der Waals surface area contributed by atoms with Gasteiger partial charge in [-0.05, 0) is 0 Å². The monoisotopic (exact) mass is 868 g/mol. The Morgan fingerprint density at radius 1 is 0.667 bits per heavy atom. The van der Waals surface area contributed by atoms with E-state index in [1.807, 2.05) is 0 Å². The maximum absolute atomic E-state index is 4.93. The molecular formula is C28H38Br2Cl2Ge2SiZr. The minimum absolute atomic E-state index is 0.826. The normalized spacial score (nSPS) is 11.1. The van der Waals surface area contributed by atoms with Crippen molar-refractivity contribution in [3.8, 4) is 0 Å². The predicted octanol–water partition coefficient (Wildman–Crippen LogP) is 10.5. The summed E-state index contributed by atoms with van der Waals surface area (Å²) in [5, 5.41) is 5.47. The van der Waals surface area contributed by atoms with Crippen molar-refractivity contribution >= 4 is 115 Å². The molecule has 0 unspecified atom stereocenters. The van der Waals surface area contributed by atoms with Crippen LogP contribution >= 0.6 is 48.9 Å². The fourth-order valence-electron chi connectivity index (χ4n) is 3.72. The Morgan fingerprint density at radius 3 is 1.19 bits per heavy atom. The van der Waals surface area contributed by atoms with Crippen molar-refractivity contribution < 1.29 is 20.8 Å². The van der Waals surface area contributed by atoms with E-state index in [1.165, 1.54) is 41.6 Å². The fourth-order valence-corrected chi connectivity index (χ4v) is 10.7. The van der Waals surface area contributed by atoms with E-state index in [0.717, 1.165) is 9.52 Å². The Labute approximate surface area is 262 Å². The zero-order valence-electron chi connectivity index (χ0n) is 23.1. The van der Waals surface area contributed by atoms with Crippen LogP contribution in [0.2, 0.25) is 47.6 Å². The summed E-state index contributed by atoms with van der Waals surface area (Å²) < 4.78 is 5.65. The molecule has 0 saturated carbocycles. The van der Waals surface area contributed by atoms with E-state index < -0.39 is 47.4 Å². The summed E-state index contributed by atoms with van der Waals surface area (Å²) in [6.07, 6.45) is 0. The van der Waals surface area contributed by atoms with Gasteiger partial charge in [-0.15, -0.1) is 0 Å². The van der Waals surface area contributed by atoms with Crippen LogP contribution in [0.25, 0.3) is 21.5 Å². The van der Waals surface area contributed by atoms with Gasteiger partial charge in [-0.1, -0.05) is 13.1 Å². The van der Waals surface area contributed by atoms with Crippen LogP contribution in [-0.4, -0.2) is 36.1 Å². The molecule has 0 heterocycles. The zero-order valence-corrected chi connectivity index (χ0v) is 35.5. The number of rotatable bonds is 2. The molecule has 0 bridgehead atoms. The van der Waals surface area contributed by atoms with Crippen LogP contribution in [0.15, 0.2) is 57.5 Å². The van der Waals surface area contributed by atoms with E-state index in [1.54, 1.807) is 8.79 Å². The second-order valence-corrected chi connectivity index (χ2v) is 38.8. The van der Waals surface area contributed by atoms with Gasteiger partial charge in [-0.3, -0.25) is 0 Å². The molecule has 0 spiro atoms. The van der Waals surface area contributed by atoms with Crippen LogP contribution in [0.1, 0.15) is 11.1 Å². The Bertz CT molecular complexity index is 1160. The van der Waals surface area contributed by atoms with E-state index in [2.05, 4.69) is 142 Å². The van der Waals surface area contributed by atoms with Crippen LogP contribution < -0.4 is 8.79 Å². The Balaban J connectivity index is 0.000000296. The van der Waals surface area contributed by atoms with Gasteiger partial charge in [0, 0.05) is 9.52 Å². The molecule has 4 rings (SSSR count). The summed E-state index contributed by atoms with van der Waals surface area (Å²) in [4.78, 5) is 0. The number of benzene rings is 2. The quantitative estimate of drug-likeness (QED) is 0.139. The molecule has 8 heteroatoms. The van der Waals surface area contributed by atoms with Crippen molar-refractivity contribution in [1.29, 1.82) is 0 Å². The van der Waals surface area contributed by atoms with Crippen LogP contribution in [0.5, 0.6) is 0 Å². The molecule has 0 aliphatic carbocycles. The van der Waals surface area contributed by atoms with Gasteiger partial charge >= 0.3 is 244 Å². The first kappa shape index (κ1) is 35.4. The van der Waals surface area contributed by atoms with Crippen LogP contribution in [-0.2, 0) is 20.8 Å². The molecule has 0 saturated heterocycles. The van der Waals surface area contributed by atoms with Crippen molar-refractivity contribution in [2.45, 2.75) is 61.5 Å². The number of hydrogen-bond donors (Lipinski definition) is 0. The van der Waals surface area contributed by atoms with Crippen molar-refractivity contribution in [2.24, 2.45) is 0 Å².